The average molecular weight is 309 g/mol. The number of aromatic nitrogens is 1. The highest BCUT2D eigenvalue weighted by atomic mass is 16.3. The topological polar surface area (TPSA) is 100 Å². The molecule has 22 heavy (non-hydrogen) atoms. The van der Waals surface area contributed by atoms with Gasteiger partial charge < -0.3 is 20.3 Å². The van der Waals surface area contributed by atoms with Gasteiger partial charge in [0.05, 0.1) is 12.2 Å². The van der Waals surface area contributed by atoms with Gasteiger partial charge in [0.2, 0.25) is 17.2 Å². The minimum Gasteiger partial charge on any atom is -0.503 e. The molecule has 0 saturated carbocycles. The maximum Gasteiger partial charge on any atom is 0.223 e. The number of hydrogen-bond acceptors (Lipinski definition) is 4. The third-order valence-corrected chi connectivity index (χ3v) is 3.38. The molecule has 0 atom stereocenters. The summed E-state index contributed by atoms with van der Waals surface area (Å²) in [5.41, 5.74) is 0.554. The van der Waals surface area contributed by atoms with Gasteiger partial charge in [0.1, 0.15) is 0 Å². The third-order valence-electron chi connectivity index (χ3n) is 3.38. The molecule has 122 valence electrons. The van der Waals surface area contributed by atoms with Gasteiger partial charge in [0.25, 0.3) is 0 Å². The molecule has 0 aliphatic heterocycles. The van der Waals surface area contributed by atoms with Crippen LogP contribution in [0.1, 0.15) is 37.6 Å². The molecule has 1 aromatic heterocycles. The van der Waals surface area contributed by atoms with Crippen LogP contribution in [0, 0.1) is 6.92 Å². The van der Waals surface area contributed by atoms with Crippen LogP contribution in [0.15, 0.2) is 10.9 Å². The Kier molecular flexibility index (Phi) is 6.62. The Labute approximate surface area is 129 Å². The van der Waals surface area contributed by atoms with Gasteiger partial charge >= 0.3 is 0 Å². The number of nitrogens with zero attached hydrogens (tertiary/aromatic N) is 1. The predicted octanol–water partition coefficient (Wildman–Crippen LogP) is 0.322. The Bertz CT molecular complexity index is 608. The number of aryl methyl sites for hydroxylation is 1. The Morgan fingerprint density at radius 2 is 1.82 bits per heavy atom. The summed E-state index contributed by atoms with van der Waals surface area (Å²) in [6.45, 7) is 4.32. The normalized spacial score (nSPS) is 10.3. The third kappa shape index (κ3) is 4.91. The minimum atomic E-state index is -0.473. The SMILES string of the molecule is CCCNC(=O)CCC(=O)NCc1c(O)c(=O)cc(C)n1C. The van der Waals surface area contributed by atoms with Crippen LogP contribution in [0.5, 0.6) is 5.75 Å². The first kappa shape index (κ1) is 17.7. The van der Waals surface area contributed by atoms with E-state index in [0.29, 0.717) is 17.9 Å². The van der Waals surface area contributed by atoms with Crippen molar-refractivity contribution in [1.29, 1.82) is 0 Å². The lowest BCUT2D eigenvalue weighted by Gasteiger charge is -2.14. The molecule has 0 aromatic carbocycles. The van der Waals surface area contributed by atoms with E-state index in [1.165, 1.54) is 6.07 Å². The summed E-state index contributed by atoms with van der Waals surface area (Å²) in [6, 6.07) is 1.33. The summed E-state index contributed by atoms with van der Waals surface area (Å²) in [6.07, 6.45) is 1.03. The number of nitrogens with one attached hydrogen (secondary N) is 2. The zero-order valence-electron chi connectivity index (χ0n) is 13.2. The molecule has 0 unspecified atom stereocenters. The monoisotopic (exact) mass is 309 g/mol. The van der Waals surface area contributed by atoms with Gasteiger partial charge in [-0.1, -0.05) is 6.92 Å². The zero-order chi connectivity index (χ0) is 16.7. The smallest absolute Gasteiger partial charge is 0.223 e. The fourth-order valence-corrected chi connectivity index (χ4v) is 1.92. The number of carbonyl (C=O) groups is 2. The van der Waals surface area contributed by atoms with Crippen LogP contribution in [0.25, 0.3) is 0 Å². The molecular formula is C15H23N3O4. The van der Waals surface area contributed by atoms with Crippen molar-refractivity contribution in [2.75, 3.05) is 6.54 Å². The standard InChI is InChI=1S/C15H23N3O4/c1-4-7-16-13(20)5-6-14(21)17-9-11-15(22)12(19)8-10(2)18(11)3/h8,22H,4-7,9H2,1-3H3,(H,16,20)(H,17,21). The first-order valence-electron chi connectivity index (χ1n) is 7.28. The van der Waals surface area contributed by atoms with E-state index < -0.39 is 5.43 Å². The Balaban J connectivity index is 2.55. The second-order valence-corrected chi connectivity index (χ2v) is 5.13. The van der Waals surface area contributed by atoms with Crippen LogP contribution in [-0.2, 0) is 23.2 Å². The molecule has 0 saturated heterocycles. The van der Waals surface area contributed by atoms with E-state index >= 15 is 0 Å². The van der Waals surface area contributed by atoms with Crippen molar-refractivity contribution in [3.05, 3.63) is 27.7 Å². The van der Waals surface area contributed by atoms with Gasteiger partial charge in [0, 0.05) is 38.2 Å². The molecule has 0 fully saturated rings. The van der Waals surface area contributed by atoms with Crippen LogP contribution in [0.2, 0.25) is 0 Å². The maximum atomic E-state index is 11.7. The average Bonchev–Trinajstić information content (AvgIpc) is 2.48. The molecule has 0 aliphatic rings. The van der Waals surface area contributed by atoms with Crippen LogP contribution in [0.4, 0.5) is 0 Å². The summed E-state index contributed by atoms with van der Waals surface area (Å²) < 4.78 is 1.64. The summed E-state index contributed by atoms with van der Waals surface area (Å²) in [7, 11) is 1.70. The van der Waals surface area contributed by atoms with Gasteiger partial charge in [0.15, 0.2) is 5.75 Å². The molecule has 7 heteroatoms. The lowest BCUT2D eigenvalue weighted by atomic mass is 10.2. The highest BCUT2D eigenvalue weighted by molar-refractivity contribution is 5.83. The summed E-state index contributed by atoms with van der Waals surface area (Å²) in [4.78, 5) is 34.7. The van der Waals surface area contributed by atoms with Crippen LogP contribution >= 0.6 is 0 Å². The van der Waals surface area contributed by atoms with Crippen molar-refractivity contribution in [2.45, 2.75) is 39.7 Å². The van der Waals surface area contributed by atoms with Crippen LogP contribution in [0.3, 0.4) is 0 Å². The number of aromatic hydroxyl groups is 1. The summed E-state index contributed by atoms with van der Waals surface area (Å²) in [5, 5.41) is 15.1. The molecule has 0 radical (unpaired) electrons. The second kappa shape index (κ2) is 8.21. The quantitative estimate of drug-likeness (QED) is 0.675. The fraction of sp³-hybridized carbons (Fsp3) is 0.533. The molecule has 1 rings (SSSR count). The van der Waals surface area contributed by atoms with Gasteiger partial charge in [-0.3, -0.25) is 14.4 Å². The van der Waals surface area contributed by atoms with E-state index in [9.17, 15) is 19.5 Å². The number of pyridine rings is 1. The van der Waals surface area contributed by atoms with Crippen molar-refractivity contribution in [3.8, 4) is 5.75 Å². The minimum absolute atomic E-state index is 0.0364. The molecule has 1 heterocycles. The first-order valence-corrected chi connectivity index (χ1v) is 7.28. The van der Waals surface area contributed by atoms with Crippen molar-refractivity contribution in [2.24, 2.45) is 7.05 Å². The zero-order valence-corrected chi connectivity index (χ0v) is 13.2. The van der Waals surface area contributed by atoms with Gasteiger partial charge in [-0.2, -0.15) is 0 Å². The van der Waals surface area contributed by atoms with Crippen molar-refractivity contribution < 1.29 is 14.7 Å². The van der Waals surface area contributed by atoms with Crippen LogP contribution < -0.4 is 16.1 Å². The van der Waals surface area contributed by atoms with Gasteiger partial charge in [-0.25, -0.2) is 0 Å². The summed E-state index contributed by atoms with van der Waals surface area (Å²) >= 11 is 0. The Morgan fingerprint density at radius 1 is 1.23 bits per heavy atom. The molecule has 7 nitrogen and oxygen atoms in total. The highest BCUT2D eigenvalue weighted by Crippen LogP contribution is 2.12. The number of amides is 2. The number of rotatable bonds is 7. The molecule has 0 bridgehead atoms. The molecule has 3 N–H and O–H groups in total. The van der Waals surface area contributed by atoms with E-state index in [-0.39, 0.29) is 37.0 Å². The number of carbonyl (C=O) groups excluding carboxylic acids is 2. The molecule has 0 aliphatic carbocycles. The predicted molar refractivity (Wildman–Crippen MR) is 82.5 cm³/mol. The van der Waals surface area contributed by atoms with Crippen molar-refractivity contribution in [3.63, 3.8) is 0 Å². The fourth-order valence-electron chi connectivity index (χ4n) is 1.92. The Morgan fingerprint density at radius 3 is 2.41 bits per heavy atom. The van der Waals surface area contributed by atoms with Crippen LogP contribution in [-0.4, -0.2) is 28.0 Å². The largest absolute Gasteiger partial charge is 0.503 e. The lowest BCUT2D eigenvalue weighted by molar-refractivity contribution is -0.126. The van der Waals surface area contributed by atoms with E-state index in [1.807, 2.05) is 6.92 Å². The number of hydrogen-bond donors (Lipinski definition) is 3. The van der Waals surface area contributed by atoms with E-state index in [4.69, 9.17) is 0 Å². The van der Waals surface area contributed by atoms with E-state index in [2.05, 4.69) is 10.6 Å². The van der Waals surface area contributed by atoms with E-state index in [1.54, 1.807) is 18.5 Å². The maximum absolute atomic E-state index is 11.7. The molecule has 0 spiro atoms. The molecule has 1 aromatic rings. The van der Waals surface area contributed by atoms with E-state index in [0.717, 1.165) is 6.42 Å². The molecular weight excluding hydrogens is 286 g/mol. The van der Waals surface area contributed by atoms with Crippen molar-refractivity contribution >= 4 is 11.8 Å². The highest BCUT2D eigenvalue weighted by Gasteiger charge is 2.12. The van der Waals surface area contributed by atoms with Gasteiger partial charge in [-0.15, -0.1) is 0 Å². The Hall–Kier alpha value is -2.31. The lowest BCUT2D eigenvalue weighted by Crippen LogP contribution is -2.29. The second-order valence-electron chi connectivity index (χ2n) is 5.13. The van der Waals surface area contributed by atoms with Crippen molar-refractivity contribution in [1.82, 2.24) is 15.2 Å². The first-order chi connectivity index (χ1) is 10.4. The molecule has 2 amide bonds. The summed E-state index contributed by atoms with van der Waals surface area (Å²) in [5.74, 6) is -0.836. The van der Waals surface area contributed by atoms with Gasteiger partial charge in [-0.05, 0) is 13.3 Å².